The molecule has 1 heterocycles. The number of nitrogens with zero attached hydrogens (tertiary/aromatic N) is 1. The first-order valence-corrected chi connectivity index (χ1v) is 6.96. The fourth-order valence-corrected chi connectivity index (χ4v) is 3.00. The third-order valence-electron chi connectivity index (χ3n) is 2.47. The highest BCUT2D eigenvalue weighted by molar-refractivity contribution is 7.89. The topological polar surface area (TPSA) is 59.1 Å². The Morgan fingerprint density at radius 1 is 1.28 bits per heavy atom. The van der Waals surface area contributed by atoms with Gasteiger partial charge in [-0.2, -0.15) is 0 Å². The van der Waals surface area contributed by atoms with Crippen LogP contribution >= 0.6 is 12.4 Å². The molecule has 0 saturated carbocycles. The van der Waals surface area contributed by atoms with Gasteiger partial charge in [0.05, 0.1) is 4.90 Å². The Balaban J connectivity index is 0.00000162. The first kappa shape index (κ1) is 14.9. The molecule has 0 atom stereocenters. The van der Waals surface area contributed by atoms with Gasteiger partial charge in [-0.15, -0.1) is 12.4 Å². The number of rotatable bonds is 4. The molecule has 0 bridgehead atoms. The zero-order valence-electron chi connectivity index (χ0n) is 9.96. The van der Waals surface area contributed by atoms with Crippen molar-refractivity contribution in [3.8, 4) is 0 Å². The van der Waals surface area contributed by atoms with Gasteiger partial charge in [0, 0.05) is 29.7 Å². The van der Waals surface area contributed by atoms with Crippen LogP contribution in [-0.2, 0) is 10.0 Å². The molecule has 0 radical (unpaired) electrons. The molecule has 6 heteroatoms. The second kappa shape index (κ2) is 6.13. The number of hydrogen-bond acceptors (Lipinski definition) is 3. The van der Waals surface area contributed by atoms with Crippen LogP contribution in [0.15, 0.2) is 41.6 Å². The number of hydrogen-bond donors (Lipinski definition) is 1. The van der Waals surface area contributed by atoms with E-state index in [1.165, 1.54) is 0 Å². The number of nitrogens with one attached hydrogen (secondary N) is 1. The largest absolute Gasteiger partial charge is 0.264 e. The minimum Gasteiger partial charge on any atom is -0.264 e. The third kappa shape index (κ3) is 2.98. The van der Waals surface area contributed by atoms with E-state index >= 15 is 0 Å². The fourth-order valence-electron chi connectivity index (χ4n) is 1.64. The van der Waals surface area contributed by atoms with Crippen LogP contribution in [0.1, 0.15) is 13.3 Å². The van der Waals surface area contributed by atoms with Gasteiger partial charge in [0.1, 0.15) is 0 Å². The molecule has 0 aliphatic rings. The summed E-state index contributed by atoms with van der Waals surface area (Å²) in [5.74, 6) is 0. The average molecular weight is 287 g/mol. The number of halogens is 1. The molecular formula is C12H15ClN2O2S. The predicted octanol–water partition coefficient (Wildman–Crippen LogP) is 2.34. The number of pyridine rings is 1. The molecule has 2 aromatic rings. The average Bonchev–Trinajstić information content (AvgIpc) is 2.36. The second-order valence-electron chi connectivity index (χ2n) is 3.75. The van der Waals surface area contributed by atoms with Gasteiger partial charge in [0.25, 0.3) is 0 Å². The lowest BCUT2D eigenvalue weighted by Crippen LogP contribution is -2.24. The predicted molar refractivity (Wildman–Crippen MR) is 74.5 cm³/mol. The molecule has 0 aliphatic carbocycles. The van der Waals surface area contributed by atoms with E-state index in [9.17, 15) is 8.42 Å². The van der Waals surface area contributed by atoms with E-state index in [1.54, 1.807) is 30.6 Å². The summed E-state index contributed by atoms with van der Waals surface area (Å²) in [6, 6.07) is 6.90. The van der Waals surface area contributed by atoms with Gasteiger partial charge in [0.2, 0.25) is 10.0 Å². The van der Waals surface area contributed by atoms with Crippen LogP contribution in [0.5, 0.6) is 0 Å². The summed E-state index contributed by atoms with van der Waals surface area (Å²) in [5, 5.41) is 1.53. The highest BCUT2D eigenvalue weighted by atomic mass is 35.5. The molecule has 98 valence electrons. The number of fused-ring (bicyclic) bond motifs is 1. The summed E-state index contributed by atoms with van der Waals surface area (Å²) in [7, 11) is -3.43. The fraction of sp³-hybridized carbons (Fsp3) is 0.250. The zero-order chi connectivity index (χ0) is 12.3. The van der Waals surface area contributed by atoms with Gasteiger partial charge in [0.15, 0.2) is 0 Å². The molecule has 0 spiro atoms. The second-order valence-corrected chi connectivity index (χ2v) is 5.49. The van der Waals surface area contributed by atoms with E-state index in [4.69, 9.17) is 0 Å². The molecule has 1 aromatic carbocycles. The molecule has 0 saturated heterocycles. The first-order chi connectivity index (χ1) is 8.15. The first-order valence-electron chi connectivity index (χ1n) is 5.47. The lowest BCUT2D eigenvalue weighted by Gasteiger charge is -2.08. The van der Waals surface area contributed by atoms with Crippen molar-refractivity contribution >= 4 is 33.2 Å². The quantitative estimate of drug-likeness (QED) is 0.938. The standard InChI is InChI=1S/C12H14N2O2S.ClH/c1-2-7-14-17(15,16)12-5-3-4-10-9-13-8-6-11(10)12;/h3-6,8-9,14H,2,7H2,1H3;1H. The molecule has 0 amide bonds. The normalized spacial score (nSPS) is 11.2. The summed E-state index contributed by atoms with van der Waals surface area (Å²) >= 11 is 0. The molecule has 1 N–H and O–H groups in total. The van der Waals surface area contributed by atoms with E-state index in [2.05, 4.69) is 9.71 Å². The van der Waals surface area contributed by atoms with Crippen molar-refractivity contribution in [1.82, 2.24) is 9.71 Å². The maximum absolute atomic E-state index is 12.1. The van der Waals surface area contributed by atoms with Gasteiger partial charge in [-0.25, -0.2) is 13.1 Å². The smallest absolute Gasteiger partial charge is 0.241 e. The Hall–Kier alpha value is -1.17. The maximum atomic E-state index is 12.1. The van der Waals surface area contributed by atoms with Gasteiger partial charge in [-0.05, 0) is 18.6 Å². The Labute approximate surface area is 113 Å². The van der Waals surface area contributed by atoms with Crippen molar-refractivity contribution in [1.29, 1.82) is 0 Å². The zero-order valence-corrected chi connectivity index (χ0v) is 11.6. The lowest BCUT2D eigenvalue weighted by atomic mass is 10.2. The van der Waals surface area contributed by atoms with E-state index in [0.29, 0.717) is 16.8 Å². The van der Waals surface area contributed by atoms with Gasteiger partial charge < -0.3 is 0 Å². The monoisotopic (exact) mass is 286 g/mol. The summed E-state index contributed by atoms with van der Waals surface area (Å²) in [6.07, 6.45) is 4.03. The lowest BCUT2D eigenvalue weighted by molar-refractivity contribution is 0.581. The number of aromatic nitrogens is 1. The SMILES string of the molecule is CCCNS(=O)(=O)c1cccc2cnccc12.Cl. The van der Waals surface area contributed by atoms with Crippen molar-refractivity contribution in [2.75, 3.05) is 6.54 Å². The molecule has 2 rings (SSSR count). The maximum Gasteiger partial charge on any atom is 0.241 e. The van der Waals surface area contributed by atoms with Gasteiger partial charge in [-0.1, -0.05) is 19.1 Å². The van der Waals surface area contributed by atoms with Crippen molar-refractivity contribution in [3.05, 3.63) is 36.7 Å². The molecule has 0 unspecified atom stereocenters. The van der Waals surface area contributed by atoms with Crippen LogP contribution in [0.4, 0.5) is 0 Å². The van der Waals surface area contributed by atoms with Gasteiger partial charge in [-0.3, -0.25) is 4.98 Å². The van der Waals surface area contributed by atoms with Crippen LogP contribution in [-0.4, -0.2) is 19.9 Å². The van der Waals surface area contributed by atoms with Crippen molar-refractivity contribution in [3.63, 3.8) is 0 Å². The summed E-state index contributed by atoms with van der Waals surface area (Å²) in [5.41, 5.74) is 0. The van der Waals surface area contributed by atoms with Crippen molar-refractivity contribution < 1.29 is 8.42 Å². The van der Waals surface area contributed by atoms with Crippen LogP contribution in [0.2, 0.25) is 0 Å². The van der Waals surface area contributed by atoms with E-state index in [-0.39, 0.29) is 12.4 Å². The highest BCUT2D eigenvalue weighted by Gasteiger charge is 2.15. The van der Waals surface area contributed by atoms with E-state index < -0.39 is 10.0 Å². The Bertz CT molecular complexity index is 624. The number of sulfonamides is 1. The summed E-state index contributed by atoms with van der Waals surface area (Å²) in [6.45, 7) is 2.37. The van der Waals surface area contributed by atoms with Crippen molar-refractivity contribution in [2.24, 2.45) is 0 Å². The van der Waals surface area contributed by atoms with Crippen LogP contribution in [0.25, 0.3) is 10.8 Å². The van der Waals surface area contributed by atoms with E-state index in [1.807, 2.05) is 13.0 Å². The Morgan fingerprint density at radius 3 is 2.78 bits per heavy atom. The molecule has 0 fully saturated rings. The van der Waals surface area contributed by atoms with Crippen LogP contribution in [0, 0.1) is 0 Å². The molecule has 18 heavy (non-hydrogen) atoms. The molecule has 4 nitrogen and oxygen atoms in total. The minimum atomic E-state index is -3.43. The number of benzene rings is 1. The molecule has 1 aromatic heterocycles. The van der Waals surface area contributed by atoms with Crippen LogP contribution in [0.3, 0.4) is 0 Å². The van der Waals surface area contributed by atoms with E-state index in [0.717, 1.165) is 11.8 Å². The molecular weight excluding hydrogens is 272 g/mol. The minimum absolute atomic E-state index is 0. The van der Waals surface area contributed by atoms with Gasteiger partial charge >= 0.3 is 0 Å². The Kier molecular flexibility index (Phi) is 5.07. The summed E-state index contributed by atoms with van der Waals surface area (Å²) < 4.78 is 26.7. The molecule has 0 aliphatic heterocycles. The third-order valence-corrected chi connectivity index (χ3v) is 3.99. The van der Waals surface area contributed by atoms with Crippen molar-refractivity contribution in [2.45, 2.75) is 18.2 Å². The highest BCUT2D eigenvalue weighted by Crippen LogP contribution is 2.21. The Morgan fingerprint density at radius 2 is 2.06 bits per heavy atom. The van der Waals surface area contributed by atoms with Crippen LogP contribution < -0.4 is 4.72 Å². The summed E-state index contributed by atoms with van der Waals surface area (Å²) in [4.78, 5) is 4.29.